The maximum absolute atomic E-state index is 12.1. The number of carbonyl (C=O) groups excluding carboxylic acids is 1. The van der Waals surface area contributed by atoms with Gasteiger partial charge in [0, 0.05) is 16.5 Å². The molecule has 1 atom stereocenters. The van der Waals surface area contributed by atoms with Crippen molar-refractivity contribution in [1.82, 2.24) is 5.32 Å². The second-order valence-corrected chi connectivity index (χ2v) is 5.93. The molecule has 0 amide bonds. The molecule has 0 saturated carbocycles. The van der Waals surface area contributed by atoms with Crippen LogP contribution in [0, 0.1) is 0 Å². The van der Waals surface area contributed by atoms with Gasteiger partial charge in [-0.05, 0) is 32.2 Å². The Bertz CT molecular complexity index is 650. The van der Waals surface area contributed by atoms with Gasteiger partial charge in [0.05, 0.1) is 5.56 Å². The van der Waals surface area contributed by atoms with Gasteiger partial charge in [0.25, 0.3) is 0 Å². The molecule has 0 spiro atoms. The van der Waals surface area contributed by atoms with E-state index >= 15 is 0 Å². The summed E-state index contributed by atoms with van der Waals surface area (Å²) in [5.74, 6) is -0.258. The first-order chi connectivity index (χ1) is 8.96. The molecular weight excluding hydrogens is 238 g/mol. The fourth-order valence-corrected chi connectivity index (χ4v) is 2.49. The van der Waals surface area contributed by atoms with Crippen LogP contribution in [0.5, 0.6) is 0 Å². The van der Waals surface area contributed by atoms with Crippen LogP contribution < -0.4 is 5.32 Å². The fraction of sp³-hybridized carbons (Fsp3) is 0.312. The lowest BCUT2D eigenvalue weighted by molar-refractivity contribution is 0.0120. The zero-order chi connectivity index (χ0) is 13.6. The molecule has 0 fully saturated rings. The first-order valence-corrected chi connectivity index (χ1v) is 6.46. The van der Waals surface area contributed by atoms with Gasteiger partial charge in [-0.15, -0.1) is 0 Å². The van der Waals surface area contributed by atoms with E-state index in [2.05, 4.69) is 26.1 Å². The molecule has 2 aromatic rings. The molecule has 0 saturated heterocycles. The van der Waals surface area contributed by atoms with Gasteiger partial charge in [-0.1, -0.05) is 30.3 Å². The minimum atomic E-state index is -0.383. The molecule has 0 aliphatic carbocycles. The molecule has 19 heavy (non-hydrogen) atoms. The van der Waals surface area contributed by atoms with E-state index in [4.69, 9.17) is 4.74 Å². The number of hydrogen-bond acceptors (Lipinski definition) is 3. The highest BCUT2D eigenvalue weighted by Crippen LogP contribution is 2.34. The third-order valence-corrected chi connectivity index (χ3v) is 3.23. The maximum atomic E-state index is 12.1. The Kier molecular flexibility index (Phi) is 2.61. The predicted octanol–water partition coefficient (Wildman–Crippen LogP) is 3.40. The van der Waals surface area contributed by atoms with Crippen molar-refractivity contribution < 1.29 is 9.53 Å². The van der Waals surface area contributed by atoms with Crippen LogP contribution >= 0.6 is 0 Å². The highest BCUT2D eigenvalue weighted by atomic mass is 16.6. The van der Waals surface area contributed by atoms with Crippen molar-refractivity contribution in [3.8, 4) is 0 Å². The van der Waals surface area contributed by atoms with Crippen LogP contribution in [0.15, 0.2) is 36.4 Å². The molecule has 0 bridgehead atoms. The van der Waals surface area contributed by atoms with Gasteiger partial charge in [-0.2, -0.15) is 0 Å². The van der Waals surface area contributed by atoms with Gasteiger partial charge in [0.1, 0.15) is 0 Å². The number of cyclic esters (lactones) is 1. The van der Waals surface area contributed by atoms with E-state index in [1.807, 2.05) is 36.4 Å². The van der Waals surface area contributed by atoms with Crippen LogP contribution in [0.4, 0.5) is 0 Å². The molecule has 2 aromatic carbocycles. The predicted molar refractivity (Wildman–Crippen MR) is 75.0 cm³/mol. The van der Waals surface area contributed by atoms with E-state index in [1.54, 1.807) is 0 Å². The first-order valence-electron chi connectivity index (χ1n) is 6.46. The second-order valence-electron chi connectivity index (χ2n) is 5.93. The third kappa shape index (κ3) is 2.10. The van der Waals surface area contributed by atoms with Crippen molar-refractivity contribution >= 4 is 16.7 Å². The van der Waals surface area contributed by atoms with E-state index in [0.717, 1.165) is 16.3 Å². The Balaban J connectivity index is 2.20. The zero-order valence-electron chi connectivity index (χ0n) is 11.4. The molecule has 98 valence electrons. The number of benzene rings is 2. The smallest absolute Gasteiger partial charge is 0.340 e. The van der Waals surface area contributed by atoms with Gasteiger partial charge in [0.2, 0.25) is 0 Å². The van der Waals surface area contributed by atoms with Crippen LogP contribution in [0.25, 0.3) is 10.8 Å². The van der Waals surface area contributed by atoms with Crippen molar-refractivity contribution in [2.75, 3.05) is 0 Å². The van der Waals surface area contributed by atoms with Crippen LogP contribution in [0.1, 0.15) is 42.9 Å². The minimum Gasteiger partial charge on any atom is -0.439 e. The Morgan fingerprint density at radius 3 is 2.47 bits per heavy atom. The molecule has 1 aliphatic heterocycles. The maximum Gasteiger partial charge on any atom is 0.340 e. The van der Waals surface area contributed by atoms with Crippen molar-refractivity contribution in [3.05, 3.63) is 47.5 Å². The Labute approximate surface area is 112 Å². The number of ether oxygens (including phenoxy) is 1. The largest absolute Gasteiger partial charge is 0.439 e. The van der Waals surface area contributed by atoms with Crippen LogP contribution in [0.2, 0.25) is 0 Å². The van der Waals surface area contributed by atoms with E-state index < -0.39 is 0 Å². The molecule has 0 radical (unpaired) electrons. The number of esters is 1. The summed E-state index contributed by atoms with van der Waals surface area (Å²) in [5, 5.41) is 5.43. The number of nitrogens with one attached hydrogen (secondary N) is 1. The highest BCUT2D eigenvalue weighted by molar-refractivity contribution is 6.07. The SMILES string of the molecule is CC(C)(C)NC1OC(=O)c2cccc3cccc1c23. The average Bonchev–Trinajstić information content (AvgIpc) is 2.33. The van der Waals surface area contributed by atoms with E-state index in [9.17, 15) is 4.79 Å². The van der Waals surface area contributed by atoms with Crippen molar-refractivity contribution in [2.24, 2.45) is 0 Å². The van der Waals surface area contributed by atoms with Gasteiger partial charge in [-0.3, -0.25) is 5.32 Å². The van der Waals surface area contributed by atoms with Crippen molar-refractivity contribution in [2.45, 2.75) is 32.5 Å². The van der Waals surface area contributed by atoms with Gasteiger partial charge in [-0.25, -0.2) is 4.79 Å². The molecule has 1 aliphatic rings. The van der Waals surface area contributed by atoms with Crippen LogP contribution in [-0.4, -0.2) is 11.5 Å². The average molecular weight is 255 g/mol. The second kappa shape index (κ2) is 4.07. The molecule has 3 nitrogen and oxygen atoms in total. The summed E-state index contributed by atoms with van der Waals surface area (Å²) in [6.45, 7) is 6.17. The molecule has 3 rings (SSSR count). The van der Waals surface area contributed by atoms with Gasteiger partial charge >= 0.3 is 5.97 Å². The molecular formula is C16H17NO2. The molecule has 3 heteroatoms. The quantitative estimate of drug-likeness (QED) is 0.794. The number of rotatable bonds is 1. The van der Waals surface area contributed by atoms with Gasteiger partial charge in [0.15, 0.2) is 6.23 Å². The summed E-state index contributed by atoms with van der Waals surface area (Å²) >= 11 is 0. The lowest BCUT2D eigenvalue weighted by Gasteiger charge is -2.32. The monoisotopic (exact) mass is 255 g/mol. The standard InChI is InChI=1S/C16H17NO2/c1-16(2,3)17-14-11-8-4-6-10-7-5-9-12(13(10)11)15(18)19-14/h4-9,14,17H,1-3H3. The lowest BCUT2D eigenvalue weighted by Crippen LogP contribution is -2.42. The van der Waals surface area contributed by atoms with E-state index in [-0.39, 0.29) is 17.7 Å². The number of carbonyl (C=O) groups is 1. The number of hydrogen-bond donors (Lipinski definition) is 1. The van der Waals surface area contributed by atoms with Crippen molar-refractivity contribution in [3.63, 3.8) is 0 Å². The van der Waals surface area contributed by atoms with E-state index in [1.165, 1.54) is 0 Å². The van der Waals surface area contributed by atoms with Crippen LogP contribution in [0.3, 0.4) is 0 Å². The summed E-state index contributed by atoms with van der Waals surface area (Å²) in [4.78, 5) is 12.1. The van der Waals surface area contributed by atoms with E-state index in [0.29, 0.717) is 5.56 Å². The fourth-order valence-electron chi connectivity index (χ4n) is 2.49. The Hall–Kier alpha value is -1.87. The Morgan fingerprint density at radius 1 is 1.11 bits per heavy atom. The zero-order valence-corrected chi connectivity index (χ0v) is 11.4. The molecule has 1 unspecified atom stereocenters. The highest BCUT2D eigenvalue weighted by Gasteiger charge is 2.30. The first kappa shape index (κ1) is 12.2. The summed E-state index contributed by atoms with van der Waals surface area (Å²) in [5.41, 5.74) is 1.56. The third-order valence-electron chi connectivity index (χ3n) is 3.23. The summed E-state index contributed by atoms with van der Waals surface area (Å²) in [6.07, 6.45) is -0.383. The summed E-state index contributed by atoms with van der Waals surface area (Å²) in [6, 6.07) is 11.8. The van der Waals surface area contributed by atoms with Gasteiger partial charge < -0.3 is 4.74 Å². The molecule has 0 aromatic heterocycles. The minimum absolute atomic E-state index is 0.126. The molecule has 1 N–H and O–H groups in total. The van der Waals surface area contributed by atoms with Crippen LogP contribution in [-0.2, 0) is 4.74 Å². The summed E-state index contributed by atoms with van der Waals surface area (Å²) in [7, 11) is 0. The Morgan fingerprint density at radius 2 is 1.79 bits per heavy atom. The molecule has 1 heterocycles. The van der Waals surface area contributed by atoms with Crippen molar-refractivity contribution in [1.29, 1.82) is 0 Å². The normalized spacial score (nSPS) is 18.5. The summed E-state index contributed by atoms with van der Waals surface area (Å²) < 4.78 is 5.53. The lowest BCUT2D eigenvalue weighted by atomic mass is 9.95. The topological polar surface area (TPSA) is 38.3 Å².